The lowest BCUT2D eigenvalue weighted by Crippen LogP contribution is -2.17. The number of carbonyl (C=O) groups is 1. The van der Waals surface area contributed by atoms with Crippen molar-refractivity contribution in [1.29, 1.82) is 5.41 Å². The topological polar surface area (TPSA) is 168 Å². The number of aromatic amines is 1. The number of benzene rings is 2. The zero-order chi connectivity index (χ0) is 25.1. The first kappa shape index (κ1) is 23.6. The van der Waals surface area contributed by atoms with Crippen molar-refractivity contribution in [3.63, 3.8) is 0 Å². The zero-order valence-electron chi connectivity index (χ0n) is 18.7. The number of ether oxygens (including phenoxy) is 2. The molecule has 0 aliphatic carbocycles. The molecule has 0 amide bonds. The number of carboxylic acid groups (broad SMARTS) is 1. The summed E-state index contributed by atoms with van der Waals surface area (Å²) < 4.78 is 11.8. The third kappa shape index (κ3) is 4.73. The van der Waals surface area contributed by atoms with E-state index in [0.717, 1.165) is 16.0 Å². The summed E-state index contributed by atoms with van der Waals surface area (Å²) in [7, 11) is 3.05. The van der Waals surface area contributed by atoms with E-state index in [1.807, 2.05) is 0 Å². The normalized spacial score (nSPS) is 11.6. The molecular formula is C23H22N6O5S. The van der Waals surface area contributed by atoms with Gasteiger partial charge in [-0.05, 0) is 53.4 Å². The summed E-state index contributed by atoms with van der Waals surface area (Å²) in [6.45, 7) is 0. The Bertz CT molecular complexity index is 1440. The lowest BCUT2D eigenvalue weighted by Gasteiger charge is -2.20. The molecular weight excluding hydrogens is 472 g/mol. The summed E-state index contributed by atoms with van der Waals surface area (Å²) in [6, 6.07) is 13.1. The molecule has 1 unspecified atom stereocenters. The molecule has 0 fully saturated rings. The number of thiophene rings is 1. The number of carboxylic acids is 1. The average molecular weight is 495 g/mol. The Morgan fingerprint density at radius 3 is 2.51 bits per heavy atom. The third-order valence-electron chi connectivity index (χ3n) is 5.22. The van der Waals surface area contributed by atoms with Gasteiger partial charge in [-0.3, -0.25) is 10.4 Å². The number of anilines is 1. The molecule has 0 bridgehead atoms. The maximum atomic E-state index is 12.8. The minimum Gasteiger partial charge on any atom is -0.493 e. The first-order valence-electron chi connectivity index (χ1n) is 10.3. The molecule has 4 rings (SSSR count). The Hall–Kier alpha value is -4.58. The molecule has 0 saturated carbocycles. The first-order valence-corrected chi connectivity index (χ1v) is 11.1. The fraction of sp³-hybridized carbons (Fsp3) is 0.130. The van der Waals surface area contributed by atoms with Crippen molar-refractivity contribution in [2.75, 3.05) is 19.5 Å². The molecule has 1 atom stereocenters. The number of methoxy groups -OCH3 is 2. The number of nitrogens with one attached hydrogen (secondary N) is 3. The number of H-pyrrole nitrogens is 1. The summed E-state index contributed by atoms with van der Waals surface area (Å²) >= 11 is 1.00. The standard InChI is InChI=1S/C23H22N6O5S/c1-33-16-8-5-13(11-17(16)34-2)18(26-14-6-3-12(4-7-14)20(24)25)21-27-23(32)29(28-21)15-9-10-35-19(15)22(30)31/h3-11,18,26H,1-2H3,(H3,24,25)(H,30,31)(H,27,28,32). The van der Waals surface area contributed by atoms with Crippen LogP contribution in [0.25, 0.3) is 5.69 Å². The van der Waals surface area contributed by atoms with Gasteiger partial charge in [0.2, 0.25) is 0 Å². The number of hydrogen-bond acceptors (Lipinski definition) is 8. The van der Waals surface area contributed by atoms with E-state index in [0.29, 0.717) is 28.3 Å². The molecule has 0 spiro atoms. The van der Waals surface area contributed by atoms with E-state index in [1.54, 1.807) is 47.8 Å². The zero-order valence-corrected chi connectivity index (χ0v) is 19.6. The summed E-state index contributed by atoms with van der Waals surface area (Å²) in [5, 5.41) is 26.4. The van der Waals surface area contributed by atoms with Crippen LogP contribution in [0.15, 0.2) is 58.7 Å². The highest BCUT2D eigenvalue weighted by atomic mass is 32.1. The molecule has 2 aromatic carbocycles. The van der Waals surface area contributed by atoms with E-state index in [4.69, 9.17) is 20.6 Å². The van der Waals surface area contributed by atoms with Crippen LogP contribution >= 0.6 is 11.3 Å². The fourth-order valence-corrected chi connectivity index (χ4v) is 4.23. The van der Waals surface area contributed by atoms with Gasteiger partial charge in [0.05, 0.1) is 19.9 Å². The van der Waals surface area contributed by atoms with E-state index >= 15 is 0 Å². The highest BCUT2D eigenvalue weighted by molar-refractivity contribution is 7.12. The van der Waals surface area contributed by atoms with Crippen molar-refractivity contribution in [3.8, 4) is 17.2 Å². The van der Waals surface area contributed by atoms with Gasteiger partial charge in [-0.25, -0.2) is 9.59 Å². The summed E-state index contributed by atoms with van der Waals surface area (Å²) in [5.74, 6) is 0.0637. The second-order valence-electron chi connectivity index (χ2n) is 7.35. The van der Waals surface area contributed by atoms with Crippen molar-refractivity contribution in [2.24, 2.45) is 5.73 Å². The molecule has 2 heterocycles. The number of hydrogen-bond donors (Lipinski definition) is 5. The van der Waals surface area contributed by atoms with Gasteiger partial charge in [0.1, 0.15) is 16.8 Å². The van der Waals surface area contributed by atoms with E-state index in [1.165, 1.54) is 20.3 Å². The SMILES string of the molecule is COc1ccc(C(Nc2ccc(C(=N)N)cc2)c2nn(-c3ccsc3C(=O)O)c(=O)[nH]2)cc1OC. The molecule has 12 heteroatoms. The lowest BCUT2D eigenvalue weighted by molar-refractivity contribution is 0.0702. The highest BCUT2D eigenvalue weighted by Crippen LogP contribution is 2.33. The average Bonchev–Trinajstić information content (AvgIpc) is 3.49. The number of aromatic nitrogens is 3. The monoisotopic (exact) mass is 494 g/mol. The molecule has 0 saturated heterocycles. The van der Waals surface area contributed by atoms with Gasteiger partial charge >= 0.3 is 11.7 Å². The molecule has 4 aromatic rings. The Balaban J connectivity index is 1.80. The van der Waals surface area contributed by atoms with Crippen LogP contribution < -0.4 is 26.2 Å². The van der Waals surface area contributed by atoms with Crippen LogP contribution in [0.2, 0.25) is 0 Å². The van der Waals surface area contributed by atoms with Gasteiger partial charge in [-0.2, -0.15) is 4.68 Å². The molecule has 180 valence electrons. The minimum atomic E-state index is -1.15. The predicted molar refractivity (Wildman–Crippen MR) is 131 cm³/mol. The molecule has 0 radical (unpaired) electrons. The number of nitrogens with two attached hydrogens (primary N) is 1. The number of nitrogen functional groups attached to an aromatic ring is 1. The lowest BCUT2D eigenvalue weighted by atomic mass is 10.0. The fourth-order valence-electron chi connectivity index (χ4n) is 3.52. The van der Waals surface area contributed by atoms with Crippen LogP contribution in [-0.2, 0) is 0 Å². The van der Waals surface area contributed by atoms with E-state index in [2.05, 4.69) is 15.4 Å². The predicted octanol–water partition coefficient (Wildman–Crippen LogP) is 2.82. The number of nitrogens with zero attached hydrogens (tertiary/aromatic N) is 2. The summed E-state index contributed by atoms with van der Waals surface area (Å²) in [6.07, 6.45) is 0. The number of rotatable bonds is 9. The Kier molecular flexibility index (Phi) is 6.55. The maximum absolute atomic E-state index is 12.8. The van der Waals surface area contributed by atoms with Crippen LogP contribution in [0, 0.1) is 5.41 Å². The van der Waals surface area contributed by atoms with E-state index in [-0.39, 0.29) is 22.2 Å². The molecule has 11 nitrogen and oxygen atoms in total. The van der Waals surface area contributed by atoms with Crippen LogP contribution in [0.3, 0.4) is 0 Å². The second-order valence-corrected chi connectivity index (χ2v) is 8.27. The second kappa shape index (κ2) is 9.73. The van der Waals surface area contributed by atoms with E-state index < -0.39 is 17.7 Å². The summed E-state index contributed by atoms with van der Waals surface area (Å²) in [4.78, 5) is 27.1. The number of amidine groups is 1. The molecule has 35 heavy (non-hydrogen) atoms. The quantitative estimate of drug-likeness (QED) is 0.175. The smallest absolute Gasteiger partial charge is 0.348 e. The Labute approximate surface area is 203 Å². The first-order chi connectivity index (χ1) is 16.8. The molecule has 2 aromatic heterocycles. The third-order valence-corrected chi connectivity index (χ3v) is 6.11. The van der Waals surface area contributed by atoms with Gasteiger partial charge in [0, 0.05) is 11.3 Å². The van der Waals surface area contributed by atoms with Crippen molar-refractivity contribution >= 4 is 28.8 Å². The van der Waals surface area contributed by atoms with Crippen LogP contribution in [0.4, 0.5) is 5.69 Å². The van der Waals surface area contributed by atoms with Crippen molar-refractivity contribution in [1.82, 2.24) is 14.8 Å². The minimum absolute atomic E-state index is 0.000553. The van der Waals surface area contributed by atoms with Crippen molar-refractivity contribution < 1.29 is 19.4 Å². The van der Waals surface area contributed by atoms with Crippen LogP contribution in [-0.4, -0.2) is 45.9 Å². The Morgan fingerprint density at radius 1 is 1.17 bits per heavy atom. The molecule has 0 aliphatic heterocycles. The van der Waals surface area contributed by atoms with Crippen LogP contribution in [0.5, 0.6) is 11.5 Å². The van der Waals surface area contributed by atoms with Gasteiger partial charge in [-0.1, -0.05) is 6.07 Å². The van der Waals surface area contributed by atoms with Gasteiger partial charge in [0.15, 0.2) is 17.3 Å². The van der Waals surface area contributed by atoms with Gasteiger partial charge in [-0.15, -0.1) is 16.4 Å². The molecule has 0 aliphatic rings. The Morgan fingerprint density at radius 2 is 1.89 bits per heavy atom. The number of aromatic carboxylic acids is 1. The summed E-state index contributed by atoms with van der Waals surface area (Å²) in [5.41, 5.74) is 7.07. The van der Waals surface area contributed by atoms with Crippen molar-refractivity contribution in [3.05, 3.63) is 86.2 Å². The van der Waals surface area contributed by atoms with E-state index in [9.17, 15) is 14.7 Å². The maximum Gasteiger partial charge on any atom is 0.348 e. The van der Waals surface area contributed by atoms with Gasteiger partial charge < -0.3 is 25.6 Å². The highest BCUT2D eigenvalue weighted by Gasteiger charge is 2.24. The van der Waals surface area contributed by atoms with Gasteiger partial charge in [0.25, 0.3) is 0 Å². The molecule has 6 N–H and O–H groups in total. The van der Waals surface area contributed by atoms with Crippen LogP contribution in [0.1, 0.15) is 32.7 Å². The van der Waals surface area contributed by atoms with Crippen molar-refractivity contribution in [2.45, 2.75) is 6.04 Å². The largest absolute Gasteiger partial charge is 0.493 e.